The number of sulfonamides is 1. The van der Waals surface area contributed by atoms with Crippen LogP contribution < -0.4 is 10.2 Å². The Balaban J connectivity index is 1.37. The van der Waals surface area contributed by atoms with Gasteiger partial charge in [-0.1, -0.05) is 72.3 Å². The second-order valence-corrected chi connectivity index (χ2v) is 10.7. The van der Waals surface area contributed by atoms with Crippen molar-refractivity contribution in [3.63, 3.8) is 0 Å². The molecule has 4 aromatic rings. The Morgan fingerprint density at radius 3 is 2.13 bits per heavy atom. The van der Waals surface area contributed by atoms with Gasteiger partial charge in [-0.3, -0.25) is 4.79 Å². The molecule has 0 atom stereocenters. The number of amides is 1. The Kier molecular flexibility index (Phi) is 9.26. The van der Waals surface area contributed by atoms with Gasteiger partial charge < -0.3 is 4.74 Å². The lowest BCUT2D eigenvalue weighted by Crippen LogP contribution is -2.39. The third-order valence-electron chi connectivity index (χ3n) is 5.50. The molecular formula is C29H26ClN3O4S. The smallest absolute Gasteiger partial charge is 0.255 e. The number of rotatable bonds is 11. The predicted molar refractivity (Wildman–Crippen MR) is 148 cm³/mol. The van der Waals surface area contributed by atoms with E-state index in [4.69, 9.17) is 16.3 Å². The average Bonchev–Trinajstić information content (AvgIpc) is 2.94. The number of hydrazone groups is 1. The molecule has 0 spiro atoms. The Labute approximate surface area is 227 Å². The topological polar surface area (TPSA) is 88.1 Å². The van der Waals surface area contributed by atoms with E-state index in [2.05, 4.69) is 10.5 Å². The number of benzene rings is 4. The maximum absolute atomic E-state index is 13.3. The highest BCUT2D eigenvalue weighted by molar-refractivity contribution is 7.89. The summed E-state index contributed by atoms with van der Waals surface area (Å²) in [6.07, 6.45) is 1.48. The number of hydrogen-bond donors (Lipinski definition) is 1. The Hall–Kier alpha value is -3.98. The zero-order chi connectivity index (χ0) is 26.8. The van der Waals surface area contributed by atoms with Crippen LogP contribution in [-0.2, 0) is 28.0 Å². The summed E-state index contributed by atoms with van der Waals surface area (Å²) in [6.45, 7) is 0.0438. The van der Waals surface area contributed by atoms with Crippen molar-refractivity contribution >= 4 is 33.7 Å². The van der Waals surface area contributed by atoms with E-state index in [0.29, 0.717) is 22.9 Å². The van der Waals surface area contributed by atoms with E-state index in [1.807, 2.05) is 54.6 Å². The number of hydrogen-bond acceptors (Lipinski definition) is 5. The molecule has 7 nitrogen and oxygen atoms in total. The lowest BCUT2D eigenvalue weighted by molar-refractivity contribution is -0.121. The highest BCUT2D eigenvalue weighted by Gasteiger charge is 2.26. The van der Waals surface area contributed by atoms with Gasteiger partial charge in [-0.2, -0.15) is 9.41 Å². The standard InChI is InChI=1S/C29H26ClN3O4S/c30-26-15-11-24(12-16-26)20-33(38(35,36)28-9-5-2-6-10-28)21-29(34)32-31-19-23-13-17-27(18-14-23)37-22-25-7-3-1-4-8-25/h1-19H,20-22H2,(H,32,34)/b31-19-. The van der Waals surface area contributed by atoms with Crippen molar-refractivity contribution in [1.29, 1.82) is 0 Å². The molecule has 0 unspecified atom stereocenters. The second kappa shape index (κ2) is 13.0. The summed E-state index contributed by atoms with van der Waals surface area (Å²) in [4.78, 5) is 12.8. The molecule has 0 saturated heterocycles. The van der Waals surface area contributed by atoms with Gasteiger partial charge in [0.2, 0.25) is 10.0 Å². The number of carbonyl (C=O) groups is 1. The van der Waals surface area contributed by atoms with Crippen molar-refractivity contribution in [2.75, 3.05) is 6.54 Å². The van der Waals surface area contributed by atoms with Crippen LogP contribution in [0.2, 0.25) is 5.02 Å². The largest absolute Gasteiger partial charge is 0.489 e. The molecule has 0 radical (unpaired) electrons. The van der Waals surface area contributed by atoms with Gasteiger partial charge in [0.05, 0.1) is 17.7 Å². The van der Waals surface area contributed by atoms with Crippen LogP contribution >= 0.6 is 11.6 Å². The Morgan fingerprint density at radius 2 is 1.47 bits per heavy atom. The summed E-state index contributed by atoms with van der Waals surface area (Å²) >= 11 is 5.96. The third-order valence-corrected chi connectivity index (χ3v) is 7.56. The van der Waals surface area contributed by atoms with Crippen LogP contribution in [-0.4, -0.2) is 31.4 Å². The molecule has 0 saturated carbocycles. The molecule has 4 rings (SSSR count). The molecule has 4 aromatic carbocycles. The highest BCUT2D eigenvalue weighted by atomic mass is 35.5. The fourth-order valence-electron chi connectivity index (χ4n) is 3.53. The van der Waals surface area contributed by atoms with Gasteiger partial charge in [-0.25, -0.2) is 13.8 Å². The quantitative estimate of drug-likeness (QED) is 0.205. The van der Waals surface area contributed by atoms with Crippen LogP contribution in [0.3, 0.4) is 0 Å². The normalized spacial score (nSPS) is 11.5. The van der Waals surface area contributed by atoms with Crippen molar-refractivity contribution in [2.45, 2.75) is 18.0 Å². The van der Waals surface area contributed by atoms with Gasteiger partial charge in [-0.15, -0.1) is 0 Å². The van der Waals surface area contributed by atoms with Gasteiger partial charge in [-0.05, 0) is 65.2 Å². The average molecular weight is 548 g/mol. The van der Waals surface area contributed by atoms with Gasteiger partial charge in [0.15, 0.2) is 0 Å². The summed E-state index contributed by atoms with van der Waals surface area (Å²) in [5, 5.41) is 4.52. The molecule has 0 heterocycles. The molecule has 0 aliphatic carbocycles. The van der Waals surface area contributed by atoms with Gasteiger partial charge in [0.1, 0.15) is 12.4 Å². The monoisotopic (exact) mass is 547 g/mol. The van der Waals surface area contributed by atoms with E-state index < -0.39 is 22.5 Å². The van der Waals surface area contributed by atoms with Gasteiger partial charge in [0.25, 0.3) is 5.91 Å². The third kappa shape index (κ3) is 7.76. The molecule has 194 valence electrons. The maximum Gasteiger partial charge on any atom is 0.255 e. The van der Waals surface area contributed by atoms with Crippen molar-refractivity contribution in [1.82, 2.24) is 9.73 Å². The fraction of sp³-hybridized carbons (Fsp3) is 0.103. The van der Waals surface area contributed by atoms with E-state index in [-0.39, 0.29) is 11.4 Å². The zero-order valence-electron chi connectivity index (χ0n) is 20.4. The van der Waals surface area contributed by atoms with Gasteiger partial charge in [0, 0.05) is 11.6 Å². The second-order valence-electron chi connectivity index (χ2n) is 8.35. The summed E-state index contributed by atoms with van der Waals surface area (Å²) in [5.41, 5.74) is 4.92. The van der Waals surface area contributed by atoms with E-state index in [0.717, 1.165) is 15.4 Å². The summed E-state index contributed by atoms with van der Waals surface area (Å²) in [6, 6.07) is 31.9. The molecule has 0 aliphatic rings. The first-order valence-corrected chi connectivity index (χ1v) is 13.6. The minimum atomic E-state index is -3.94. The molecular weight excluding hydrogens is 522 g/mol. The lowest BCUT2D eigenvalue weighted by Gasteiger charge is -2.21. The molecule has 1 N–H and O–H groups in total. The molecule has 0 aromatic heterocycles. The van der Waals surface area contributed by atoms with E-state index in [1.54, 1.807) is 42.5 Å². The van der Waals surface area contributed by atoms with E-state index >= 15 is 0 Å². The van der Waals surface area contributed by atoms with Crippen molar-refractivity contribution in [2.24, 2.45) is 5.10 Å². The number of ether oxygens (including phenoxy) is 1. The summed E-state index contributed by atoms with van der Waals surface area (Å²) in [5.74, 6) is 0.136. The molecule has 0 fully saturated rings. The van der Waals surface area contributed by atoms with Crippen LogP contribution in [0.1, 0.15) is 16.7 Å². The predicted octanol–water partition coefficient (Wildman–Crippen LogP) is 5.26. The van der Waals surface area contributed by atoms with Crippen LogP contribution in [0.25, 0.3) is 0 Å². The molecule has 9 heteroatoms. The minimum Gasteiger partial charge on any atom is -0.489 e. The zero-order valence-corrected chi connectivity index (χ0v) is 22.0. The van der Waals surface area contributed by atoms with Crippen LogP contribution in [0, 0.1) is 0 Å². The Bertz CT molecular complexity index is 1460. The number of carbonyl (C=O) groups excluding carboxylic acids is 1. The Morgan fingerprint density at radius 1 is 0.842 bits per heavy atom. The molecule has 0 bridgehead atoms. The van der Waals surface area contributed by atoms with Crippen molar-refractivity contribution in [3.8, 4) is 5.75 Å². The summed E-state index contributed by atoms with van der Waals surface area (Å²) in [7, 11) is -3.94. The maximum atomic E-state index is 13.3. The van der Waals surface area contributed by atoms with Crippen molar-refractivity contribution < 1.29 is 17.9 Å². The first-order chi connectivity index (χ1) is 18.4. The molecule has 38 heavy (non-hydrogen) atoms. The molecule has 0 aliphatic heterocycles. The first-order valence-electron chi connectivity index (χ1n) is 11.8. The minimum absolute atomic E-state index is 0.00399. The lowest BCUT2D eigenvalue weighted by atomic mass is 10.2. The van der Waals surface area contributed by atoms with Crippen LogP contribution in [0.4, 0.5) is 0 Å². The number of nitrogens with one attached hydrogen (secondary N) is 1. The van der Waals surface area contributed by atoms with Gasteiger partial charge >= 0.3 is 0 Å². The first kappa shape index (κ1) is 27.1. The number of halogens is 1. The highest BCUT2D eigenvalue weighted by Crippen LogP contribution is 2.19. The molecule has 1 amide bonds. The van der Waals surface area contributed by atoms with E-state index in [9.17, 15) is 13.2 Å². The SMILES string of the molecule is O=C(CN(Cc1ccc(Cl)cc1)S(=O)(=O)c1ccccc1)N/N=C\c1ccc(OCc2ccccc2)cc1. The van der Waals surface area contributed by atoms with E-state index in [1.165, 1.54) is 18.3 Å². The fourth-order valence-corrected chi connectivity index (χ4v) is 5.06. The number of nitrogens with zero attached hydrogens (tertiary/aromatic N) is 2. The summed E-state index contributed by atoms with van der Waals surface area (Å²) < 4.78 is 33.4. The van der Waals surface area contributed by atoms with Crippen LogP contribution in [0.15, 0.2) is 119 Å². The van der Waals surface area contributed by atoms with Crippen LogP contribution in [0.5, 0.6) is 5.75 Å². The van der Waals surface area contributed by atoms with Crippen molar-refractivity contribution in [3.05, 3.63) is 131 Å².